The van der Waals surface area contributed by atoms with E-state index in [1.54, 1.807) is 0 Å². The molecule has 1 atom stereocenters. The van der Waals surface area contributed by atoms with Crippen molar-refractivity contribution in [3.05, 3.63) is 60.7 Å². The van der Waals surface area contributed by atoms with Gasteiger partial charge in [0.15, 0.2) is 0 Å². The van der Waals surface area contributed by atoms with Crippen LogP contribution in [0.25, 0.3) is 0 Å². The minimum atomic E-state index is 0.415. The first kappa shape index (κ1) is 9.79. The minimum absolute atomic E-state index is 0.415. The summed E-state index contributed by atoms with van der Waals surface area (Å²) < 4.78 is 0. The molecular weight excluding hydrogens is 156 g/mol. The monoisotopic (exact) mass is 172 g/mol. The van der Waals surface area contributed by atoms with Gasteiger partial charge in [-0.15, -0.1) is 13.2 Å². The van der Waals surface area contributed by atoms with Crippen molar-refractivity contribution >= 4 is 0 Å². The molecule has 68 valence electrons. The predicted octanol–water partition coefficient (Wildman–Crippen LogP) is 3.84. The molecule has 0 heteroatoms. The fourth-order valence-corrected chi connectivity index (χ4v) is 1.53. The summed E-state index contributed by atoms with van der Waals surface area (Å²) in [5.74, 6) is 0.415. The third-order valence-corrected chi connectivity index (χ3v) is 2.29. The first-order valence-corrected chi connectivity index (χ1v) is 4.58. The number of hydrogen-bond donors (Lipinski definition) is 0. The van der Waals surface area contributed by atoms with Crippen molar-refractivity contribution in [1.82, 2.24) is 0 Å². The van der Waals surface area contributed by atoms with Crippen LogP contribution in [0.2, 0.25) is 0 Å². The molecule has 0 aliphatic rings. The Bertz CT molecular complexity index is 297. The van der Waals surface area contributed by atoms with Gasteiger partial charge in [-0.25, -0.2) is 0 Å². The molecule has 1 aromatic rings. The van der Waals surface area contributed by atoms with Gasteiger partial charge < -0.3 is 0 Å². The molecule has 1 unspecified atom stereocenters. The number of allylic oxidation sites excluding steroid dienone is 2. The first-order valence-electron chi connectivity index (χ1n) is 4.58. The van der Waals surface area contributed by atoms with Crippen molar-refractivity contribution in [3.8, 4) is 0 Å². The molecule has 0 aliphatic carbocycles. The molecule has 1 aromatic carbocycles. The second kappa shape index (κ2) is 4.66. The molecule has 0 heterocycles. The zero-order valence-electron chi connectivity index (χ0n) is 8.16. The molecule has 13 heavy (non-hydrogen) atoms. The molecule has 0 spiro atoms. The van der Waals surface area contributed by atoms with E-state index in [-0.39, 0.29) is 0 Å². The summed E-state index contributed by atoms with van der Waals surface area (Å²) in [5, 5.41) is 0. The van der Waals surface area contributed by atoms with E-state index in [9.17, 15) is 0 Å². The molecule has 0 aromatic heterocycles. The Balaban J connectivity index is 2.96. The van der Waals surface area contributed by atoms with Crippen LogP contribution in [0.3, 0.4) is 0 Å². The average Bonchev–Trinajstić information content (AvgIpc) is 2.16. The molecular formula is C13H16. The van der Waals surface area contributed by atoms with Crippen LogP contribution in [-0.2, 0) is 0 Å². The van der Waals surface area contributed by atoms with Gasteiger partial charge in [0.2, 0.25) is 0 Å². The topological polar surface area (TPSA) is 0 Å². The van der Waals surface area contributed by atoms with Gasteiger partial charge in [0, 0.05) is 5.92 Å². The van der Waals surface area contributed by atoms with Crippen LogP contribution in [0.5, 0.6) is 0 Å². The zero-order valence-corrected chi connectivity index (χ0v) is 8.16. The average molecular weight is 172 g/mol. The van der Waals surface area contributed by atoms with Crippen LogP contribution in [0.15, 0.2) is 49.6 Å². The lowest BCUT2D eigenvalue weighted by Crippen LogP contribution is -1.95. The maximum absolute atomic E-state index is 3.85. The smallest absolute Gasteiger partial charge is 0.00523 e. The van der Waals surface area contributed by atoms with E-state index in [0.29, 0.717) is 5.92 Å². The second-order valence-corrected chi connectivity index (χ2v) is 3.22. The molecule has 1 rings (SSSR count). The number of aryl methyl sites for hydroxylation is 1. The van der Waals surface area contributed by atoms with Crippen molar-refractivity contribution in [2.24, 2.45) is 0 Å². The van der Waals surface area contributed by atoms with Gasteiger partial charge in [-0.1, -0.05) is 36.4 Å². The van der Waals surface area contributed by atoms with Gasteiger partial charge in [-0.2, -0.15) is 0 Å². The maximum Gasteiger partial charge on any atom is 0.00523 e. The van der Waals surface area contributed by atoms with Gasteiger partial charge in [-0.05, 0) is 24.5 Å². The summed E-state index contributed by atoms with van der Waals surface area (Å²) >= 11 is 0. The molecule has 0 N–H and O–H groups in total. The zero-order chi connectivity index (χ0) is 9.68. The minimum Gasteiger partial charge on any atom is -0.103 e. The SMILES string of the molecule is C=CCC(C=C)c1ccccc1C. The van der Waals surface area contributed by atoms with Crippen molar-refractivity contribution in [2.75, 3.05) is 0 Å². The highest BCUT2D eigenvalue weighted by atomic mass is 14.1. The lowest BCUT2D eigenvalue weighted by molar-refractivity contribution is 0.858. The van der Waals surface area contributed by atoms with Crippen molar-refractivity contribution in [3.63, 3.8) is 0 Å². The lowest BCUT2D eigenvalue weighted by Gasteiger charge is -2.12. The Morgan fingerprint density at radius 3 is 2.54 bits per heavy atom. The van der Waals surface area contributed by atoms with Gasteiger partial charge in [-0.3, -0.25) is 0 Å². The van der Waals surface area contributed by atoms with E-state index >= 15 is 0 Å². The largest absolute Gasteiger partial charge is 0.103 e. The highest BCUT2D eigenvalue weighted by molar-refractivity contribution is 5.32. The van der Waals surface area contributed by atoms with Crippen LogP contribution in [0.1, 0.15) is 23.5 Å². The Morgan fingerprint density at radius 2 is 2.00 bits per heavy atom. The van der Waals surface area contributed by atoms with Crippen molar-refractivity contribution in [2.45, 2.75) is 19.3 Å². The third kappa shape index (κ3) is 2.32. The molecule has 0 saturated heterocycles. The van der Waals surface area contributed by atoms with Crippen LogP contribution in [0.4, 0.5) is 0 Å². The highest BCUT2D eigenvalue weighted by Crippen LogP contribution is 2.23. The third-order valence-electron chi connectivity index (χ3n) is 2.29. The number of rotatable bonds is 4. The molecule has 0 saturated carbocycles. The Kier molecular flexibility index (Phi) is 3.51. The van der Waals surface area contributed by atoms with E-state index in [0.717, 1.165) is 6.42 Å². The van der Waals surface area contributed by atoms with Gasteiger partial charge in [0.1, 0.15) is 0 Å². The normalized spacial score (nSPS) is 12.1. The van der Waals surface area contributed by atoms with Crippen LogP contribution < -0.4 is 0 Å². The summed E-state index contributed by atoms with van der Waals surface area (Å²) in [4.78, 5) is 0. The quantitative estimate of drug-likeness (QED) is 0.605. The fourth-order valence-electron chi connectivity index (χ4n) is 1.53. The molecule has 0 aliphatic heterocycles. The van der Waals surface area contributed by atoms with Crippen LogP contribution in [-0.4, -0.2) is 0 Å². The molecule has 0 amide bonds. The second-order valence-electron chi connectivity index (χ2n) is 3.22. The number of benzene rings is 1. The first-order chi connectivity index (χ1) is 6.29. The van der Waals surface area contributed by atoms with E-state index < -0.39 is 0 Å². The van der Waals surface area contributed by atoms with E-state index in [1.165, 1.54) is 11.1 Å². The van der Waals surface area contributed by atoms with Gasteiger partial charge >= 0.3 is 0 Å². The maximum atomic E-state index is 3.85. The Labute approximate surface area is 80.6 Å². The lowest BCUT2D eigenvalue weighted by atomic mass is 9.92. The van der Waals surface area contributed by atoms with Crippen molar-refractivity contribution in [1.29, 1.82) is 0 Å². The summed E-state index contributed by atoms with van der Waals surface area (Å²) in [7, 11) is 0. The van der Waals surface area contributed by atoms with Gasteiger partial charge in [0.05, 0.1) is 0 Å². The predicted molar refractivity (Wildman–Crippen MR) is 58.9 cm³/mol. The summed E-state index contributed by atoms with van der Waals surface area (Å²) in [6.45, 7) is 9.74. The molecule has 0 nitrogen and oxygen atoms in total. The Morgan fingerprint density at radius 1 is 1.31 bits per heavy atom. The number of hydrogen-bond acceptors (Lipinski definition) is 0. The van der Waals surface area contributed by atoms with Crippen LogP contribution in [0, 0.1) is 6.92 Å². The van der Waals surface area contributed by atoms with Crippen LogP contribution >= 0.6 is 0 Å². The Hall–Kier alpha value is -1.30. The van der Waals surface area contributed by atoms with E-state index in [4.69, 9.17) is 0 Å². The molecule has 0 radical (unpaired) electrons. The summed E-state index contributed by atoms with van der Waals surface area (Å²) in [6.07, 6.45) is 4.90. The molecule has 0 fully saturated rings. The summed E-state index contributed by atoms with van der Waals surface area (Å²) in [5.41, 5.74) is 2.69. The van der Waals surface area contributed by atoms with E-state index in [1.807, 2.05) is 12.2 Å². The summed E-state index contributed by atoms with van der Waals surface area (Å²) in [6, 6.07) is 8.43. The molecule has 0 bridgehead atoms. The standard InChI is InChI=1S/C13H16/c1-4-8-12(5-2)13-10-7-6-9-11(13)3/h4-7,9-10,12H,1-2,8H2,3H3. The van der Waals surface area contributed by atoms with Crippen molar-refractivity contribution < 1.29 is 0 Å². The fraction of sp³-hybridized carbons (Fsp3) is 0.231. The highest BCUT2D eigenvalue weighted by Gasteiger charge is 2.06. The van der Waals surface area contributed by atoms with E-state index in [2.05, 4.69) is 44.3 Å². The van der Waals surface area contributed by atoms with Gasteiger partial charge in [0.25, 0.3) is 0 Å².